The molecule has 1 atom stereocenters. The zero-order chi connectivity index (χ0) is 13.0. The molecule has 94 valence electrons. The minimum absolute atomic E-state index is 0.0346. The van der Waals surface area contributed by atoms with E-state index in [9.17, 15) is 13.6 Å². The fraction of sp³-hybridized carbons (Fsp3) is 0.417. The van der Waals surface area contributed by atoms with Crippen LogP contribution in [-0.4, -0.2) is 31.1 Å². The number of rotatable bonds is 5. The molecule has 0 fully saturated rings. The van der Waals surface area contributed by atoms with Crippen molar-refractivity contribution in [2.45, 2.75) is 19.4 Å². The number of carbonyl (C=O) groups is 1. The summed E-state index contributed by atoms with van der Waals surface area (Å²) in [4.78, 5) is 11.8. The third-order valence-corrected chi connectivity index (χ3v) is 2.44. The summed E-state index contributed by atoms with van der Waals surface area (Å²) in [5.41, 5.74) is -0.219. The molecule has 0 spiro atoms. The van der Waals surface area contributed by atoms with Gasteiger partial charge in [-0.15, -0.1) is 0 Å². The first-order valence-electron chi connectivity index (χ1n) is 5.29. The Morgan fingerprint density at radius 2 is 1.94 bits per heavy atom. The van der Waals surface area contributed by atoms with Crippen molar-refractivity contribution in [2.24, 2.45) is 0 Å². The summed E-state index contributed by atoms with van der Waals surface area (Å²) in [5, 5.41) is 9.11. The average Bonchev–Trinajstić information content (AvgIpc) is 2.25. The molecule has 0 amide bonds. The number of aliphatic hydroxyl groups is 1. The fourth-order valence-electron chi connectivity index (χ4n) is 1.51. The van der Waals surface area contributed by atoms with Crippen molar-refractivity contribution in [2.75, 3.05) is 18.5 Å². The van der Waals surface area contributed by atoms with Gasteiger partial charge in [0.15, 0.2) is 0 Å². The highest BCUT2D eigenvalue weighted by Gasteiger charge is 2.15. The molecule has 1 aromatic rings. The lowest BCUT2D eigenvalue weighted by Gasteiger charge is -2.21. The van der Waals surface area contributed by atoms with Gasteiger partial charge in [-0.2, -0.15) is 0 Å². The first-order valence-corrected chi connectivity index (χ1v) is 5.29. The van der Waals surface area contributed by atoms with Gasteiger partial charge in [-0.05, 0) is 25.5 Å². The Hall–Kier alpha value is -1.49. The van der Waals surface area contributed by atoms with E-state index in [1.807, 2.05) is 0 Å². The van der Waals surface area contributed by atoms with Crippen LogP contribution >= 0.6 is 0 Å². The maximum absolute atomic E-state index is 13.6. The Kier molecular flexibility index (Phi) is 4.57. The van der Waals surface area contributed by atoms with Crippen LogP contribution in [0, 0.1) is 11.6 Å². The molecule has 0 heterocycles. The molecule has 0 radical (unpaired) electrons. The lowest BCUT2D eigenvalue weighted by molar-refractivity contribution is 0.112. The summed E-state index contributed by atoms with van der Waals surface area (Å²) in [7, 11) is 1.53. The molecule has 3 nitrogen and oxygen atoms in total. The summed E-state index contributed by atoms with van der Waals surface area (Å²) in [6, 6.07) is 1.98. The number of aldehydes is 1. The third-order valence-electron chi connectivity index (χ3n) is 2.44. The van der Waals surface area contributed by atoms with E-state index in [0.717, 1.165) is 12.1 Å². The summed E-state index contributed by atoms with van der Waals surface area (Å²) in [6.07, 6.45) is 0.272. The molecule has 1 aromatic carbocycles. The molecule has 0 saturated heterocycles. The van der Waals surface area contributed by atoms with Crippen molar-refractivity contribution in [3.63, 3.8) is 0 Å². The number of benzene rings is 1. The van der Waals surface area contributed by atoms with E-state index in [1.54, 1.807) is 6.92 Å². The Morgan fingerprint density at radius 1 is 1.41 bits per heavy atom. The van der Waals surface area contributed by atoms with Gasteiger partial charge in [0.05, 0.1) is 6.10 Å². The van der Waals surface area contributed by atoms with E-state index in [0.29, 0.717) is 19.3 Å². The van der Waals surface area contributed by atoms with Gasteiger partial charge in [0.2, 0.25) is 0 Å². The maximum atomic E-state index is 13.6. The van der Waals surface area contributed by atoms with Gasteiger partial charge in [0.1, 0.15) is 23.6 Å². The average molecular weight is 243 g/mol. The SMILES string of the molecule is CC(O)CCN(C)c1c(F)cc(C=O)cc1F. The standard InChI is InChI=1S/C12H15F2NO2/c1-8(17)3-4-15(2)12-10(13)5-9(7-16)6-11(12)14/h5-8,17H,3-4H2,1-2H3. The molecule has 0 aliphatic heterocycles. The summed E-state index contributed by atoms with van der Waals surface area (Å²) < 4.78 is 27.1. The fourth-order valence-corrected chi connectivity index (χ4v) is 1.51. The number of aliphatic hydroxyl groups excluding tert-OH is 1. The highest BCUT2D eigenvalue weighted by atomic mass is 19.1. The Morgan fingerprint density at radius 3 is 2.35 bits per heavy atom. The molecule has 1 unspecified atom stereocenters. The number of anilines is 1. The van der Waals surface area contributed by atoms with Crippen molar-refractivity contribution >= 4 is 12.0 Å². The van der Waals surface area contributed by atoms with Gasteiger partial charge in [-0.25, -0.2) is 8.78 Å². The lowest BCUT2D eigenvalue weighted by Crippen LogP contribution is -2.24. The van der Waals surface area contributed by atoms with E-state index >= 15 is 0 Å². The van der Waals surface area contributed by atoms with Crippen molar-refractivity contribution in [3.05, 3.63) is 29.3 Å². The van der Waals surface area contributed by atoms with Crippen molar-refractivity contribution < 1.29 is 18.7 Å². The predicted molar refractivity (Wildman–Crippen MR) is 61.3 cm³/mol. The highest BCUT2D eigenvalue weighted by molar-refractivity contribution is 5.76. The van der Waals surface area contributed by atoms with Crippen LogP contribution in [0.3, 0.4) is 0 Å². The molecular weight excluding hydrogens is 228 g/mol. The highest BCUT2D eigenvalue weighted by Crippen LogP contribution is 2.23. The van der Waals surface area contributed by atoms with Gasteiger partial charge in [-0.3, -0.25) is 4.79 Å². The molecule has 17 heavy (non-hydrogen) atoms. The number of hydrogen-bond donors (Lipinski definition) is 1. The molecule has 0 saturated carbocycles. The van der Waals surface area contributed by atoms with Crippen molar-refractivity contribution in [3.8, 4) is 0 Å². The maximum Gasteiger partial charge on any atom is 0.150 e. The van der Waals surface area contributed by atoms with Crippen LogP contribution in [0.25, 0.3) is 0 Å². The first-order chi connectivity index (χ1) is 7.95. The number of hydrogen-bond acceptors (Lipinski definition) is 3. The van der Waals surface area contributed by atoms with Gasteiger partial charge in [-0.1, -0.05) is 0 Å². The Labute approximate surface area is 98.7 Å². The molecule has 0 bridgehead atoms. The number of halogens is 2. The van der Waals surface area contributed by atoms with Gasteiger partial charge >= 0.3 is 0 Å². The van der Waals surface area contributed by atoms with Gasteiger partial charge < -0.3 is 10.0 Å². The quantitative estimate of drug-likeness (QED) is 0.804. The minimum atomic E-state index is -0.778. The monoisotopic (exact) mass is 243 g/mol. The van der Waals surface area contributed by atoms with Crippen LogP contribution in [0.15, 0.2) is 12.1 Å². The lowest BCUT2D eigenvalue weighted by atomic mass is 10.1. The van der Waals surface area contributed by atoms with Crippen LogP contribution in [0.4, 0.5) is 14.5 Å². The van der Waals surface area contributed by atoms with E-state index in [1.165, 1.54) is 11.9 Å². The predicted octanol–water partition coefficient (Wildman–Crippen LogP) is 1.98. The zero-order valence-corrected chi connectivity index (χ0v) is 9.78. The van der Waals surface area contributed by atoms with E-state index in [-0.39, 0.29) is 11.3 Å². The van der Waals surface area contributed by atoms with Crippen LogP contribution in [0.5, 0.6) is 0 Å². The van der Waals surface area contributed by atoms with E-state index < -0.39 is 17.7 Å². The molecule has 5 heteroatoms. The second-order valence-corrected chi connectivity index (χ2v) is 4.01. The van der Waals surface area contributed by atoms with Crippen LogP contribution < -0.4 is 4.90 Å². The minimum Gasteiger partial charge on any atom is -0.393 e. The smallest absolute Gasteiger partial charge is 0.150 e. The molecule has 0 aliphatic rings. The Bertz CT molecular complexity index is 384. The van der Waals surface area contributed by atoms with Gasteiger partial charge in [0.25, 0.3) is 0 Å². The normalized spacial score (nSPS) is 12.3. The van der Waals surface area contributed by atoms with E-state index in [2.05, 4.69) is 0 Å². The summed E-state index contributed by atoms with van der Waals surface area (Å²) in [5.74, 6) is -1.56. The molecular formula is C12H15F2NO2. The van der Waals surface area contributed by atoms with Crippen molar-refractivity contribution in [1.29, 1.82) is 0 Å². The second kappa shape index (κ2) is 5.72. The second-order valence-electron chi connectivity index (χ2n) is 4.01. The first kappa shape index (κ1) is 13.6. The Balaban J connectivity index is 2.93. The number of nitrogens with zero attached hydrogens (tertiary/aromatic N) is 1. The van der Waals surface area contributed by atoms with E-state index in [4.69, 9.17) is 5.11 Å². The van der Waals surface area contributed by atoms with Crippen LogP contribution in [0.2, 0.25) is 0 Å². The summed E-state index contributed by atoms with van der Waals surface area (Å²) >= 11 is 0. The topological polar surface area (TPSA) is 40.5 Å². The molecule has 1 rings (SSSR count). The zero-order valence-electron chi connectivity index (χ0n) is 9.78. The third kappa shape index (κ3) is 3.49. The molecule has 0 aliphatic carbocycles. The van der Waals surface area contributed by atoms with Crippen molar-refractivity contribution in [1.82, 2.24) is 0 Å². The van der Waals surface area contributed by atoms with Crippen LogP contribution in [0.1, 0.15) is 23.7 Å². The number of carbonyl (C=O) groups excluding carboxylic acids is 1. The van der Waals surface area contributed by atoms with Gasteiger partial charge in [0, 0.05) is 19.2 Å². The summed E-state index contributed by atoms with van der Waals surface area (Å²) in [6.45, 7) is 1.93. The molecule has 0 aromatic heterocycles. The molecule has 1 N–H and O–H groups in total. The largest absolute Gasteiger partial charge is 0.393 e. The van der Waals surface area contributed by atoms with Crippen LogP contribution in [-0.2, 0) is 0 Å².